The van der Waals surface area contributed by atoms with E-state index in [0.29, 0.717) is 6.61 Å². The summed E-state index contributed by atoms with van der Waals surface area (Å²) in [5.41, 5.74) is 2.78. The summed E-state index contributed by atoms with van der Waals surface area (Å²) < 4.78 is 18.4. The summed E-state index contributed by atoms with van der Waals surface area (Å²) in [7, 11) is 0. The Balaban J connectivity index is 1.24. The van der Waals surface area contributed by atoms with Crippen LogP contribution in [0.5, 0.6) is 11.5 Å². The molecule has 1 atom stereocenters. The Bertz CT molecular complexity index is 823. The molecule has 1 saturated carbocycles. The molecule has 27 heavy (non-hydrogen) atoms. The van der Waals surface area contributed by atoms with Crippen molar-refractivity contribution in [1.82, 2.24) is 15.0 Å². The second-order valence-electron chi connectivity index (χ2n) is 7.09. The average molecular weight is 363 g/mol. The maximum Gasteiger partial charge on any atom is 0.119 e. The van der Waals surface area contributed by atoms with E-state index >= 15 is 0 Å². The molecule has 2 heterocycles. The lowest BCUT2D eigenvalue weighted by atomic mass is 10.1. The van der Waals surface area contributed by atoms with Gasteiger partial charge in [-0.1, -0.05) is 5.21 Å². The Labute approximate surface area is 157 Å². The van der Waals surface area contributed by atoms with Gasteiger partial charge in [0.2, 0.25) is 0 Å². The minimum atomic E-state index is 0.259. The molecule has 1 unspecified atom stereocenters. The third-order valence-electron chi connectivity index (χ3n) is 4.77. The van der Waals surface area contributed by atoms with Gasteiger partial charge < -0.3 is 14.2 Å². The van der Waals surface area contributed by atoms with Gasteiger partial charge in [0.1, 0.15) is 29.9 Å². The van der Waals surface area contributed by atoms with E-state index in [1.54, 1.807) is 4.68 Å². The summed E-state index contributed by atoms with van der Waals surface area (Å²) in [4.78, 5) is 0. The van der Waals surface area contributed by atoms with Crippen LogP contribution in [0.25, 0.3) is 16.9 Å². The van der Waals surface area contributed by atoms with Crippen molar-refractivity contribution in [3.8, 4) is 28.4 Å². The minimum Gasteiger partial charge on any atom is -0.493 e. The molecule has 6 heteroatoms. The molecule has 138 valence electrons. The summed E-state index contributed by atoms with van der Waals surface area (Å²) >= 11 is 0. The van der Waals surface area contributed by atoms with Crippen molar-refractivity contribution in [2.45, 2.75) is 18.9 Å². The number of hydrogen-bond acceptors (Lipinski definition) is 5. The summed E-state index contributed by atoms with van der Waals surface area (Å²) in [5, 5.41) is 8.53. The van der Waals surface area contributed by atoms with Crippen LogP contribution in [0, 0.1) is 5.92 Å². The van der Waals surface area contributed by atoms with E-state index in [0.717, 1.165) is 47.6 Å². The first-order valence-electron chi connectivity index (χ1n) is 9.34. The largest absolute Gasteiger partial charge is 0.493 e. The van der Waals surface area contributed by atoms with Crippen molar-refractivity contribution in [3.05, 3.63) is 54.7 Å². The Hall–Kier alpha value is -2.86. The Kier molecular flexibility index (Phi) is 4.26. The van der Waals surface area contributed by atoms with E-state index in [-0.39, 0.29) is 6.10 Å². The zero-order valence-corrected chi connectivity index (χ0v) is 15.0. The average Bonchev–Trinajstić information content (AvgIpc) is 3.65. The number of rotatable bonds is 8. The fraction of sp³-hybridized carbons (Fsp3) is 0.333. The van der Waals surface area contributed by atoms with E-state index in [2.05, 4.69) is 10.3 Å². The standard InChI is InChI=1S/C21H21N3O3/c1-2-15(1)12-25-19-9-5-17(6-10-19)24-11-21(22-23-24)16-3-7-18(8-4-16)26-13-20-14-27-20/h3-11,15,20H,1-2,12-14H2. The molecular formula is C21H21N3O3. The molecule has 0 spiro atoms. The number of hydrogen-bond donors (Lipinski definition) is 0. The molecule has 0 N–H and O–H groups in total. The van der Waals surface area contributed by atoms with E-state index in [9.17, 15) is 0 Å². The van der Waals surface area contributed by atoms with Gasteiger partial charge in [0.15, 0.2) is 0 Å². The SMILES string of the molecule is c1cc(-n2cc(-c3ccc(OCC4CO4)cc3)nn2)ccc1OCC1CC1. The van der Waals surface area contributed by atoms with Gasteiger partial charge in [-0.25, -0.2) is 4.68 Å². The minimum absolute atomic E-state index is 0.259. The normalized spacial score (nSPS) is 18.3. The predicted molar refractivity (Wildman–Crippen MR) is 100 cm³/mol. The van der Waals surface area contributed by atoms with E-state index < -0.39 is 0 Å². The zero-order valence-electron chi connectivity index (χ0n) is 15.0. The van der Waals surface area contributed by atoms with Crippen LogP contribution in [0.2, 0.25) is 0 Å². The Morgan fingerprint density at radius 1 is 0.926 bits per heavy atom. The number of benzene rings is 2. The molecule has 0 radical (unpaired) electrons. The van der Waals surface area contributed by atoms with Crippen molar-refractivity contribution in [2.24, 2.45) is 5.92 Å². The maximum absolute atomic E-state index is 5.78. The van der Waals surface area contributed by atoms with Crippen molar-refractivity contribution in [2.75, 3.05) is 19.8 Å². The third kappa shape index (κ3) is 4.11. The number of epoxide rings is 1. The van der Waals surface area contributed by atoms with E-state index in [1.165, 1.54) is 12.8 Å². The van der Waals surface area contributed by atoms with Crippen LogP contribution in [-0.2, 0) is 4.74 Å². The molecule has 3 aromatic rings. The molecule has 6 nitrogen and oxygen atoms in total. The lowest BCUT2D eigenvalue weighted by Gasteiger charge is -2.06. The molecule has 1 saturated heterocycles. The molecule has 0 amide bonds. The van der Waals surface area contributed by atoms with Gasteiger partial charge in [0.05, 0.1) is 25.1 Å². The van der Waals surface area contributed by atoms with Gasteiger partial charge in [0.25, 0.3) is 0 Å². The second-order valence-corrected chi connectivity index (χ2v) is 7.09. The summed E-state index contributed by atoms with van der Waals surface area (Å²) in [6, 6.07) is 15.8. The first-order chi connectivity index (χ1) is 13.3. The first kappa shape index (κ1) is 16.3. The number of nitrogens with zero attached hydrogens (tertiary/aromatic N) is 3. The van der Waals surface area contributed by atoms with Gasteiger partial charge in [-0.2, -0.15) is 0 Å². The molecule has 2 aliphatic rings. The van der Waals surface area contributed by atoms with Crippen LogP contribution >= 0.6 is 0 Å². The summed E-state index contributed by atoms with van der Waals surface area (Å²) in [6.07, 6.45) is 4.77. The highest BCUT2D eigenvalue weighted by atomic mass is 16.6. The molecule has 1 aromatic heterocycles. The molecule has 1 aliphatic carbocycles. The molecule has 2 aromatic carbocycles. The lowest BCUT2D eigenvalue weighted by molar-refractivity contribution is 0.263. The summed E-state index contributed by atoms with van der Waals surface area (Å²) in [6.45, 7) is 2.23. The van der Waals surface area contributed by atoms with Crippen LogP contribution in [0.4, 0.5) is 0 Å². The molecular weight excluding hydrogens is 342 g/mol. The lowest BCUT2D eigenvalue weighted by Crippen LogP contribution is -2.03. The third-order valence-corrected chi connectivity index (χ3v) is 4.77. The van der Waals surface area contributed by atoms with Gasteiger partial charge in [-0.05, 0) is 67.3 Å². The first-order valence-corrected chi connectivity index (χ1v) is 9.34. The topological polar surface area (TPSA) is 61.7 Å². The van der Waals surface area contributed by atoms with Crippen molar-refractivity contribution in [1.29, 1.82) is 0 Å². The zero-order chi connectivity index (χ0) is 18.1. The molecule has 5 rings (SSSR count). The maximum atomic E-state index is 5.78. The fourth-order valence-electron chi connectivity index (χ4n) is 2.79. The summed E-state index contributed by atoms with van der Waals surface area (Å²) in [5.74, 6) is 2.49. The molecule has 1 aliphatic heterocycles. The highest BCUT2D eigenvalue weighted by Gasteiger charge is 2.23. The predicted octanol–water partition coefficient (Wildman–Crippen LogP) is 3.50. The van der Waals surface area contributed by atoms with Crippen LogP contribution in [-0.4, -0.2) is 40.9 Å². The van der Waals surface area contributed by atoms with Crippen molar-refractivity contribution in [3.63, 3.8) is 0 Å². The molecule has 2 fully saturated rings. The molecule has 0 bridgehead atoms. The van der Waals surface area contributed by atoms with Crippen LogP contribution < -0.4 is 9.47 Å². The van der Waals surface area contributed by atoms with Crippen LogP contribution in [0.15, 0.2) is 54.7 Å². The van der Waals surface area contributed by atoms with Gasteiger partial charge in [-0.15, -0.1) is 5.10 Å². The fourth-order valence-corrected chi connectivity index (χ4v) is 2.79. The Morgan fingerprint density at radius 3 is 2.26 bits per heavy atom. The highest BCUT2D eigenvalue weighted by molar-refractivity contribution is 5.59. The van der Waals surface area contributed by atoms with Gasteiger partial charge in [0, 0.05) is 5.56 Å². The van der Waals surface area contributed by atoms with Crippen molar-refractivity contribution < 1.29 is 14.2 Å². The quantitative estimate of drug-likeness (QED) is 0.573. The van der Waals surface area contributed by atoms with Crippen LogP contribution in [0.3, 0.4) is 0 Å². The number of aromatic nitrogens is 3. The van der Waals surface area contributed by atoms with Crippen molar-refractivity contribution >= 4 is 0 Å². The monoisotopic (exact) mass is 363 g/mol. The Morgan fingerprint density at radius 2 is 1.59 bits per heavy atom. The van der Waals surface area contributed by atoms with Gasteiger partial charge >= 0.3 is 0 Å². The van der Waals surface area contributed by atoms with Gasteiger partial charge in [-0.3, -0.25) is 0 Å². The number of ether oxygens (including phenoxy) is 3. The van der Waals surface area contributed by atoms with Crippen LogP contribution in [0.1, 0.15) is 12.8 Å². The van der Waals surface area contributed by atoms with E-state index in [4.69, 9.17) is 14.2 Å². The highest BCUT2D eigenvalue weighted by Crippen LogP contribution is 2.29. The second kappa shape index (κ2) is 7.04. The smallest absolute Gasteiger partial charge is 0.119 e. The van der Waals surface area contributed by atoms with E-state index in [1.807, 2.05) is 54.7 Å².